The number of hydrogen-bond acceptors (Lipinski definition) is 4. The minimum Gasteiger partial charge on any atom is -0.331 e. The fourth-order valence-electron chi connectivity index (χ4n) is 4.50. The minimum atomic E-state index is -3.53. The predicted octanol–water partition coefficient (Wildman–Crippen LogP) is 3.97. The summed E-state index contributed by atoms with van der Waals surface area (Å²) >= 11 is 0. The molecule has 0 spiro atoms. The lowest BCUT2D eigenvalue weighted by Crippen LogP contribution is -2.22. The summed E-state index contributed by atoms with van der Waals surface area (Å²) in [5, 5.41) is 3.00. The Kier molecular flexibility index (Phi) is 5.50. The van der Waals surface area contributed by atoms with Crippen LogP contribution in [0.4, 0.5) is 5.69 Å². The molecule has 4 aromatic rings. The second-order valence-electron chi connectivity index (χ2n) is 8.78. The van der Waals surface area contributed by atoms with E-state index in [1.165, 1.54) is 40.7 Å². The van der Waals surface area contributed by atoms with Gasteiger partial charge in [-0.1, -0.05) is 30.3 Å². The number of carbonyl (C=O) groups excluding carboxylic acids is 1. The maximum atomic E-state index is 12.7. The molecule has 34 heavy (non-hydrogen) atoms. The number of anilines is 1. The first kappa shape index (κ1) is 22.3. The number of aromatic nitrogens is 2. The number of carbonyl (C=O) groups is 1. The van der Waals surface area contributed by atoms with E-state index in [-0.39, 0.29) is 17.2 Å². The molecular formula is C26H26N4O3S. The molecule has 1 N–H and O–H groups in total. The Balaban J connectivity index is 1.28. The average molecular weight is 475 g/mol. The first-order valence-electron chi connectivity index (χ1n) is 11.1. The second-order valence-corrected chi connectivity index (χ2v) is 10.9. The predicted molar refractivity (Wildman–Crippen MR) is 133 cm³/mol. The Morgan fingerprint density at radius 2 is 1.79 bits per heavy atom. The topological polar surface area (TPSA) is 84.3 Å². The summed E-state index contributed by atoms with van der Waals surface area (Å²) < 4.78 is 27.9. The third-order valence-corrected chi connectivity index (χ3v) is 8.19. The molecule has 1 amide bonds. The molecule has 0 atom stereocenters. The van der Waals surface area contributed by atoms with Gasteiger partial charge >= 0.3 is 0 Å². The van der Waals surface area contributed by atoms with Crippen LogP contribution in [-0.4, -0.2) is 42.3 Å². The fraction of sp³-hybridized carbons (Fsp3) is 0.231. The lowest BCUT2D eigenvalue weighted by molar-refractivity contribution is -0.116. The van der Waals surface area contributed by atoms with Crippen molar-refractivity contribution in [1.29, 1.82) is 0 Å². The molecule has 0 radical (unpaired) electrons. The number of imidazole rings is 1. The van der Waals surface area contributed by atoms with Crippen LogP contribution < -0.4 is 5.32 Å². The highest BCUT2D eigenvalue weighted by molar-refractivity contribution is 7.89. The monoisotopic (exact) mass is 474 g/mol. The molecule has 7 nitrogen and oxygen atoms in total. The number of amides is 1. The van der Waals surface area contributed by atoms with Gasteiger partial charge in [-0.2, -0.15) is 0 Å². The largest absolute Gasteiger partial charge is 0.331 e. The van der Waals surface area contributed by atoms with Crippen LogP contribution >= 0.6 is 0 Å². The van der Waals surface area contributed by atoms with E-state index in [1.807, 2.05) is 23.7 Å². The van der Waals surface area contributed by atoms with Crippen LogP contribution in [0.1, 0.15) is 23.4 Å². The number of nitrogens with zero attached hydrogens (tertiary/aromatic N) is 3. The molecule has 0 saturated carbocycles. The highest BCUT2D eigenvalue weighted by Gasteiger charge is 2.20. The van der Waals surface area contributed by atoms with Gasteiger partial charge in [-0.15, -0.1) is 0 Å². The molecule has 0 aliphatic heterocycles. The van der Waals surface area contributed by atoms with Gasteiger partial charge < -0.3 is 9.88 Å². The zero-order valence-corrected chi connectivity index (χ0v) is 20.2. The van der Waals surface area contributed by atoms with Crippen LogP contribution in [0.5, 0.6) is 0 Å². The first-order valence-corrected chi connectivity index (χ1v) is 12.6. The molecule has 1 aromatic heterocycles. The van der Waals surface area contributed by atoms with Gasteiger partial charge in [0.25, 0.3) is 0 Å². The molecule has 0 fully saturated rings. The third-order valence-electron chi connectivity index (χ3n) is 6.38. The van der Waals surface area contributed by atoms with E-state index in [1.54, 1.807) is 18.2 Å². The van der Waals surface area contributed by atoms with E-state index in [2.05, 4.69) is 40.6 Å². The van der Waals surface area contributed by atoms with E-state index in [4.69, 9.17) is 0 Å². The quantitative estimate of drug-likeness (QED) is 0.404. The Labute approximate surface area is 199 Å². The standard InChI is InChI=1S/C26H26N4O3S/c1-29(2)34(32,33)20-9-11-24-23(16-20)28-25(30(24)3)12-13-26(31)27-19-8-10-22-18(15-19)14-17-6-4-5-7-21(17)22/h4-11,15-16H,12-14H2,1-3H3,(H,27,31). The van der Waals surface area contributed by atoms with Crippen molar-refractivity contribution in [3.8, 4) is 11.1 Å². The van der Waals surface area contributed by atoms with Gasteiger partial charge in [0.15, 0.2) is 0 Å². The van der Waals surface area contributed by atoms with Crippen LogP contribution in [-0.2, 0) is 34.7 Å². The highest BCUT2D eigenvalue weighted by Crippen LogP contribution is 2.37. The maximum absolute atomic E-state index is 12.7. The van der Waals surface area contributed by atoms with Crippen LogP contribution in [0.3, 0.4) is 0 Å². The lowest BCUT2D eigenvalue weighted by Gasteiger charge is -2.10. The van der Waals surface area contributed by atoms with Gasteiger partial charge in [0.05, 0.1) is 15.9 Å². The first-order chi connectivity index (χ1) is 16.2. The van der Waals surface area contributed by atoms with Gasteiger partial charge in [-0.3, -0.25) is 4.79 Å². The summed E-state index contributed by atoms with van der Waals surface area (Å²) in [4.78, 5) is 17.5. The normalized spacial score (nSPS) is 12.7. The SMILES string of the molecule is CN(C)S(=O)(=O)c1ccc2c(c1)nc(CCC(=O)Nc1ccc3c(c1)Cc1ccccc1-3)n2C. The number of hydrogen-bond donors (Lipinski definition) is 1. The molecule has 0 unspecified atom stereocenters. The Hall–Kier alpha value is -3.49. The molecular weight excluding hydrogens is 448 g/mol. The van der Waals surface area contributed by atoms with E-state index in [0.29, 0.717) is 11.9 Å². The zero-order valence-electron chi connectivity index (χ0n) is 19.4. The zero-order chi connectivity index (χ0) is 24.0. The van der Waals surface area contributed by atoms with Crippen LogP contribution in [0.2, 0.25) is 0 Å². The van der Waals surface area contributed by atoms with Gasteiger partial charge in [0, 0.05) is 39.7 Å². The lowest BCUT2D eigenvalue weighted by atomic mass is 10.1. The third kappa shape index (κ3) is 3.89. The van der Waals surface area contributed by atoms with Gasteiger partial charge in [-0.25, -0.2) is 17.7 Å². The molecule has 5 rings (SSSR count). The van der Waals surface area contributed by atoms with Crippen molar-refractivity contribution in [2.45, 2.75) is 24.2 Å². The number of rotatable bonds is 6. The van der Waals surface area contributed by atoms with E-state index >= 15 is 0 Å². The number of fused-ring (bicyclic) bond motifs is 4. The van der Waals surface area contributed by atoms with Crippen molar-refractivity contribution >= 4 is 32.7 Å². The molecule has 174 valence electrons. The summed E-state index contributed by atoms with van der Waals surface area (Å²) in [5.74, 6) is 0.646. The van der Waals surface area contributed by atoms with E-state index in [9.17, 15) is 13.2 Å². The molecule has 8 heteroatoms. The molecule has 0 bridgehead atoms. The number of sulfonamides is 1. The van der Waals surface area contributed by atoms with Crippen LogP contribution in [0.15, 0.2) is 65.6 Å². The van der Waals surface area contributed by atoms with Crippen molar-refractivity contribution in [1.82, 2.24) is 13.9 Å². The summed E-state index contributed by atoms with van der Waals surface area (Å²) in [5.41, 5.74) is 7.23. The highest BCUT2D eigenvalue weighted by atomic mass is 32.2. The Morgan fingerprint density at radius 3 is 2.59 bits per heavy atom. The second kappa shape index (κ2) is 8.38. The number of aryl methyl sites for hydroxylation is 2. The molecule has 0 saturated heterocycles. The average Bonchev–Trinajstić information content (AvgIpc) is 3.34. The van der Waals surface area contributed by atoms with E-state index < -0.39 is 10.0 Å². The molecule has 1 aliphatic rings. The molecule has 3 aromatic carbocycles. The number of benzene rings is 3. The smallest absolute Gasteiger partial charge is 0.242 e. The van der Waals surface area contributed by atoms with Gasteiger partial charge in [-0.05, 0) is 59.0 Å². The molecule has 1 heterocycles. The van der Waals surface area contributed by atoms with Crippen molar-refractivity contribution < 1.29 is 13.2 Å². The van der Waals surface area contributed by atoms with Crippen molar-refractivity contribution in [2.75, 3.05) is 19.4 Å². The fourth-order valence-corrected chi connectivity index (χ4v) is 5.42. The van der Waals surface area contributed by atoms with Crippen LogP contribution in [0.25, 0.3) is 22.2 Å². The van der Waals surface area contributed by atoms with Crippen molar-refractivity contribution in [2.24, 2.45) is 7.05 Å². The van der Waals surface area contributed by atoms with Gasteiger partial charge in [0.2, 0.25) is 15.9 Å². The summed E-state index contributed by atoms with van der Waals surface area (Å²) in [7, 11) is 1.35. The van der Waals surface area contributed by atoms with Crippen LogP contribution in [0, 0.1) is 0 Å². The van der Waals surface area contributed by atoms with Gasteiger partial charge in [0.1, 0.15) is 5.82 Å². The van der Waals surface area contributed by atoms with Crippen molar-refractivity contribution in [3.05, 3.63) is 77.6 Å². The maximum Gasteiger partial charge on any atom is 0.242 e. The minimum absolute atomic E-state index is 0.0848. The Morgan fingerprint density at radius 1 is 1.03 bits per heavy atom. The molecule has 1 aliphatic carbocycles. The summed E-state index contributed by atoms with van der Waals surface area (Å²) in [6.45, 7) is 0. The summed E-state index contributed by atoms with van der Waals surface area (Å²) in [6, 6.07) is 19.4. The van der Waals surface area contributed by atoms with Crippen molar-refractivity contribution in [3.63, 3.8) is 0 Å². The van der Waals surface area contributed by atoms with E-state index in [0.717, 1.165) is 23.4 Å². The Bertz CT molecular complexity index is 1540. The number of nitrogens with one attached hydrogen (secondary N) is 1. The summed E-state index contributed by atoms with van der Waals surface area (Å²) in [6.07, 6.45) is 1.60.